The summed E-state index contributed by atoms with van der Waals surface area (Å²) in [6.45, 7) is 36.6. The molecule has 0 N–H and O–H groups in total. The Balaban J connectivity index is 0.000000235. The van der Waals surface area contributed by atoms with Gasteiger partial charge in [-0.1, -0.05) is 243 Å². The van der Waals surface area contributed by atoms with Crippen LogP contribution < -0.4 is 0 Å². The van der Waals surface area contributed by atoms with Crippen LogP contribution in [0.1, 0.15) is 143 Å². The van der Waals surface area contributed by atoms with Crippen LogP contribution in [0.4, 0.5) is 0 Å². The fourth-order valence-electron chi connectivity index (χ4n) is 9.17. The predicted octanol–water partition coefficient (Wildman–Crippen LogP) is 21.0. The summed E-state index contributed by atoms with van der Waals surface area (Å²) < 4.78 is 0. The van der Waals surface area contributed by atoms with E-state index in [0.29, 0.717) is 0 Å². The van der Waals surface area contributed by atoms with Gasteiger partial charge in [0.15, 0.2) is 0 Å². The van der Waals surface area contributed by atoms with Crippen molar-refractivity contribution in [1.29, 1.82) is 0 Å². The van der Waals surface area contributed by atoms with E-state index in [1.54, 1.807) is 0 Å². The average molecular weight is 1060 g/mol. The van der Waals surface area contributed by atoms with Crippen LogP contribution >= 0.6 is 17.0 Å². The number of fused-ring (bicyclic) bond motifs is 2. The first-order valence-corrected chi connectivity index (χ1v) is 33.7. The molecule has 8 aromatic rings. The second-order valence-electron chi connectivity index (χ2n) is 23.1. The van der Waals surface area contributed by atoms with E-state index in [4.69, 9.17) is 17.0 Å². The molecule has 0 heterocycles. The minimum atomic E-state index is -0.826. The molecule has 0 saturated carbocycles. The summed E-state index contributed by atoms with van der Waals surface area (Å²) in [7, 11) is 11.0. The SMILES string of the molecule is CCCc1cc2c(-c3cc(C(C)(C)C)cc(C(C)(C)C)c3)c(-c3ccccc3)ccc2[cH-]1.CCCc1cc2c(-c3cc(C(C)(C)C)cc(C(C)(C)C)c3)c(-c3ccccc3)ccc2[cH-]1.C[Si]C.[Cl][Zr+2][Cl]. The Morgan fingerprint density at radius 1 is 0.414 bits per heavy atom. The van der Waals surface area contributed by atoms with Crippen molar-refractivity contribution in [2.24, 2.45) is 0 Å². The number of rotatable bonds is 8. The molecule has 0 aliphatic carbocycles. The van der Waals surface area contributed by atoms with E-state index in [1.165, 1.54) is 112 Å². The molecule has 8 rings (SSSR count). The number of benzene rings is 6. The molecule has 4 heteroatoms. The van der Waals surface area contributed by atoms with Gasteiger partial charge in [0, 0.05) is 9.52 Å². The molecule has 0 bridgehead atoms. The van der Waals surface area contributed by atoms with E-state index in [-0.39, 0.29) is 21.7 Å². The van der Waals surface area contributed by atoms with Crippen LogP contribution in [-0.4, -0.2) is 9.52 Å². The predicted molar refractivity (Wildman–Crippen MR) is 313 cm³/mol. The van der Waals surface area contributed by atoms with Crippen LogP contribution in [0.3, 0.4) is 0 Å². The molecule has 0 atom stereocenters. The molecule has 366 valence electrons. The number of hydrogen-bond acceptors (Lipinski definition) is 0. The van der Waals surface area contributed by atoms with Gasteiger partial charge in [-0.05, 0) is 90.1 Å². The van der Waals surface area contributed by atoms with Gasteiger partial charge in [-0.3, -0.25) is 0 Å². The van der Waals surface area contributed by atoms with Crippen molar-refractivity contribution in [2.45, 2.75) is 157 Å². The van der Waals surface area contributed by atoms with Gasteiger partial charge in [0.25, 0.3) is 0 Å². The van der Waals surface area contributed by atoms with Gasteiger partial charge < -0.3 is 0 Å². The van der Waals surface area contributed by atoms with Crippen molar-refractivity contribution in [3.63, 3.8) is 0 Å². The van der Waals surface area contributed by atoms with Crippen molar-refractivity contribution < 1.29 is 20.8 Å². The third kappa shape index (κ3) is 14.7. The summed E-state index contributed by atoms with van der Waals surface area (Å²) >= 11 is -0.826. The third-order valence-electron chi connectivity index (χ3n) is 13.1. The standard InChI is InChI=1S/2C32H37.C2H6Si.2ClH.Zr/c2*1-8-12-22-17-24-15-16-28(23-13-10-9-11-14-23)30(29(24)18-22)25-19-26(31(2,3)4)21-27(20-25)32(5,6)7;1-3-2;;;/h2*9-11,13-21H,8,12H2,1-7H3;1-2H3;2*1H;/q2*-1;;;;+4/p-2. The molecule has 0 fully saturated rings. The Morgan fingerprint density at radius 2 is 0.700 bits per heavy atom. The zero-order chi connectivity index (χ0) is 51.6. The van der Waals surface area contributed by atoms with Gasteiger partial charge in [0.1, 0.15) is 0 Å². The van der Waals surface area contributed by atoms with E-state index < -0.39 is 20.8 Å². The van der Waals surface area contributed by atoms with E-state index in [9.17, 15) is 0 Å². The van der Waals surface area contributed by atoms with E-state index >= 15 is 0 Å². The monoisotopic (exact) mass is 1060 g/mol. The summed E-state index contributed by atoms with van der Waals surface area (Å²) in [4.78, 5) is 0. The normalized spacial score (nSPS) is 11.8. The summed E-state index contributed by atoms with van der Waals surface area (Å²) in [5, 5.41) is 5.45. The third-order valence-corrected chi connectivity index (χ3v) is 13.1. The van der Waals surface area contributed by atoms with Crippen LogP contribution in [-0.2, 0) is 55.3 Å². The van der Waals surface area contributed by atoms with Crippen molar-refractivity contribution in [3.05, 3.63) is 179 Å². The molecule has 0 saturated heterocycles. The zero-order valence-corrected chi connectivity index (χ0v) is 50.4. The molecule has 0 aromatic heterocycles. The first kappa shape index (κ1) is 57.1. The maximum absolute atomic E-state index is 4.93. The van der Waals surface area contributed by atoms with Gasteiger partial charge in [-0.2, -0.15) is 12.1 Å². The Hall–Kier alpha value is -3.78. The molecular weight excluding hydrogens is 983 g/mol. The minimum absolute atomic E-state index is 0.0935. The van der Waals surface area contributed by atoms with Gasteiger partial charge in [0.05, 0.1) is 0 Å². The molecule has 70 heavy (non-hydrogen) atoms. The summed E-state index contributed by atoms with van der Waals surface area (Å²) in [6, 6.07) is 55.2. The second kappa shape index (κ2) is 24.8. The number of aryl methyl sites for hydroxylation is 2. The average Bonchev–Trinajstić information content (AvgIpc) is 3.92. The van der Waals surface area contributed by atoms with E-state index in [2.05, 4.69) is 256 Å². The van der Waals surface area contributed by atoms with Crippen LogP contribution in [0.5, 0.6) is 0 Å². The quantitative estimate of drug-likeness (QED) is 0.105. The van der Waals surface area contributed by atoms with Gasteiger partial charge in [-0.25, -0.2) is 0 Å². The first-order valence-electron chi connectivity index (χ1n) is 25.4. The van der Waals surface area contributed by atoms with Crippen LogP contribution in [0.2, 0.25) is 13.1 Å². The summed E-state index contributed by atoms with van der Waals surface area (Å²) in [6.07, 6.45) is 4.60. The van der Waals surface area contributed by atoms with E-state index in [0.717, 1.165) is 22.4 Å². The Morgan fingerprint density at radius 3 is 0.957 bits per heavy atom. The number of hydrogen-bond donors (Lipinski definition) is 0. The molecule has 0 spiro atoms. The topological polar surface area (TPSA) is 0 Å². The second-order valence-corrected chi connectivity index (χ2v) is 27.8. The van der Waals surface area contributed by atoms with Gasteiger partial charge in [0.2, 0.25) is 0 Å². The van der Waals surface area contributed by atoms with Crippen molar-refractivity contribution in [1.82, 2.24) is 0 Å². The summed E-state index contributed by atoms with van der Waals surface area (Å²) in [5.41, 5.74) is 19.5. The Bertz CT molecular complexity index is 2640. The Labute approximate surface area is 446 Å². The molecule has 8 aromatic carbocycles. The van der Waals surface area contributed by atoms with Crippen molar-refractivity contribution in [3.8, 4) is 44.5 Å². The van der Waals surface area contributed by atoms with Gasteiger partial charge in [-0.15, -0.1) is 56.9 Å². The van der Waals surface area contributed by atoms with Crippen LogP contribution in [0.25, 0.3) is 66.1 Å². The van der Waals surface area contributed by atoms with Crippen molar-refractivity contribution in [2.75, 3.05) is 0 Å². The molecule has 0 nitrogen and oxygen atoms in total. The van der Waals surface area contributed by atoms with E-state index in [1.807, 2.05) is 0 Å². The molecule has 0 aliphatic heterocycles. The van der Waals surface area contributed by atoms with Gasteiger partial charge >= 0.3 is 37.9 Å². The molecule has 0 unspecified atom stereocenters. The molecule has 0 aliphatic rings. The molecular formula is C66H80Cl2SiZr. The summed E-state index contributed by atoms with van der Waals surface area (Å²) in [5.74, 6) is 0. The maximum atomic E-state index is 4.93. The fourth-order valence-corrected chi connectivity index (χ4v) is 9.17. The fraction of sp³-hybridized carbons (Fsp3) is 0.364. The van der Waals surface area contributed by atoms with Crippen LogP contribution in [0, 0.1) is 0 Å². The van der Waals surface area contributed by atoms with Crippen LogP contribution in [0.15, 0.2) is 146 Å². The number of halogens is 2. The Kier molecular flexibility index (Phi) is 20.2. The van der Waals surface area contributed by atoms with Crippen molar-refractivity contribution >= 4 is 48.1 Å². The first-order chi connectivity index (χ1) is 33.0. The molecule has 0 amide bonds. The zero-order valence-electron chi connectivity index (χ0n) is 45.4. The molecule has 2 radical (unpaired) electrons.